The van der Waals surface area contributed by atoms with Crippen LogP contribution in [0.5, 0.6) is 63.2 Å². The van der Waals surface area contributed by atoms with E-state index in [1.165, 1.54) is 67.8 Å². The fraction of sp³-hybridized carbons (Fsp3) is 0.380. The fourth-order valence-electron chi connectivity index (χ4n) is 19.7. The van der Waals surface area contributed by atoms with Crippen LogP contribution in [-0.2, 0) is 98.1 Å². The van der Waals surface area contributed by atoms with Gasteiger partial charge in [0.1, 0.15) is 137 Å². The van der Waals surface area contributed by atoms with Gasteiger partial charge in [-0.2, -0.15) is 26.3 Å². The van der Waals surface area contributed by atoms with Crippen molar-refractivity contribution in [3.8, 4) is 63.2 Å². The van der Waals surface area contributed by atoms with Gasteiger partial charge in [-0.15, -0.1) is 0 Å². The number of rotatable bonds is 11. The molecule has 11 aromatic rings. The van der Waals surface area contributed by atoms with Crippen LogP contribution in [0.1, 0.15) is 137 Å². The number of benzene rings is 11. The summed E-state index contributed by atoms with van der Waals surface area (Å²) in [7, 11) is 18.0. The summed E-state index contributed by atoms with van der Waals surface area (Å²) in [6.45, 7) is 20.5. The van der Waals surface area contributed by atoms with Crippen molar-refractivity contribution in [2.24, 2.45) is 0 Å². The Bertz CT molecular complexity index is 6170. The molecule has 11 aromatic carbocycles. The number of ether oxygens (including phenoxy) is 11. The van der Waals surface area contributed by atoms with Crippen molar-refractivity contribution in [2.75, 3.05) is 152 Å². The van der Waals surface area contributed by atoms with E-state index in [2.05, 4.69) is 181 Å². The number of ketones is 1. The molecule has 0 fully saturated rings. The van der Waals surface area contributed by atoms with Crippen molar-refractivity contribution in [1.82, 2.24) is 53.9 Å². The number of nitrogens with zero attached hydrogens (tertiary/aromatic N) is 11. The summed E-state index contributed by atoms with van der Waals surface area (Å²) < 4.78 is 176. The molecule has 22 rings (SSSR count). The van der Waals surface area contributed by atoms with Crippen molar-refractivity contribution in [1.29, 1.82) is 0 Å². The van der Waals surface area contributed by atoms with Crippen molar-refractivity contribution >= 4 is 15.6 Å². The Morgan fingerprint density at radius 1 is 0.236 bits per heavy atom. The number of hydrogen-bond acceptors (Lipinski definition) is 25. The highest BCUT2D eigenvalue weighted by molar-refractivity contribution is 7.91. The van der Waals surface area contributed by atoms with Gasteiger partial charge in [0, 0.05) is 155 Å². The molecule has 0 aliphatic carbocycles. The van der Waals surface area contributed by atoms with E-state index in [0.29, 0.717) is 84.8 Å². The second-order valence-electron chi connectivity index (χ2n) is 39.4. The minimum atomic E-state index is -5.64. The zero-order valence-corrected chi connectivity index (χ0v) is 82.2. The first-order chi connectivity index (χ1) is 66.8. The first-order valence-corrected chi connectivity index (χ1v) is 48.1. The van der Waals surface area contributed by atoms with Crippen LogP contribution in [0.15, 0.2) is 210 Å². The fourth-order valence-corrected chi connectivity index (χ4v) is 21.0. The van der Waals surface area contributed by atoms with Gasteiger partial charge >= 0.3 is 12.4 Å². The van der Waals surface area contributed by atoms with Crippen molar-refractivity contribution in [3.05, 3.63) is 311 Å². The molecule has 0 N–H and O–H groups in total. The number of halogens is 6. The number of carbonyl (C=O) groups is 1. The second-order valence-corrected chi connectivity index (χ2v) is 41.4. The molecule has 0 saturated carbocycles. The molecule has 0 aromatic heterocycles. The largest absolute Gasteiger partial charge is 0.478 e. The predicted octanol–water partition coefficient (Wildman–Crippen LogP) is 17.2. The average Bonchev–Trinajstić information content (AvgIpc) is 0.705. The first kappa shape index (κ1) is 98.2. The van der Waals surface area contributed by atoms with Crippen molar-refractivity contribution < 1.29 is 91.7 Å². The molecule has 0 spiro atoms. The average molecular weight is 1940 g/mol. The van der Waals surface area contributed by atoms with Crippen LogP contribution in [0.25, 0.3) is 0 Å². The molecule has 0 unspecified atom stereocenters. The molecule has 0 amide bonds. The van der Waals surface area contributed by atoms with Crippen molar-refractivity contribution in [3.63, 3.8) is 0 Å². The number of fused-ring (bicyclic) bond motifs is 11. The zero-order valence-electron chi connectivity index (χ0n) is 81.4. The molecule has 11 aliphatic rings. The Morgan fingerprint density at radius 2 is 0.407 bits per heavy atom. The standard InChI is InChI=1S/C29H33N3O3.C21H20F6N2O2.C21H26N2O2.C19H20N2O3.C18H20N2O4S/c1-29(23-5-8-26-20(11-23)14-30(2)17-33-26,24-6-9-27-21(12-24)15-31(3)18-34-27)25-7-10-28-22(13-25)16-32(4)19-35-28;1-28-9-13-7-15(3-5-17(13)30-11-28)19(20(22,23)24,21(25,26)27)16-4-6-18-14(8-16)10-29(2)12-31-18;1-21(2,17-5-7-19-15(9-17)11-22(3)13-24-19)18-6-8-20-16(10-18)12-23(4)14-25-20;1-20-9-15-7-13(3-5-17(15)23-11-20)19(22)14-4-6-18-16(8-14)10-21(2)12-24-18;1-19-9-13-7-15(3-5-17(13)23-11-19)25(21,22)16-4-6-18-14(8-16)10-20(2)12-24-18/h5-13H,14-19H2,1-4H3;3-8H,9-12H2,1-2H3;5-10H,11-14H2,1-4H3;3-8H,9-12H2,1-2H3;3-8H,9-12H2,1-2H3. The third-order valence-electron chi connectivity index (χ3n) is 27.3. The third kappa shape index (κ3) is 20.5. The molecule has 25 nitrogen and oxygen atoms in total. The smallest absolute Gasteiger partial charge is 0.411 e. The molecule has 11 heterocycles. The lowest BCUT2D eigenvalue weighted by Gasteiger charge is -2.39. The Morgan fingerprint density at radius 3 is 0.629 bits per heavy atom. The maximum absolute atomic E-state index is 14.5. The zero-order chi connectivity index (χ0) is 98.6. The molecular weight excluding hydrogens is 1820 g/mol. The summed E-state index contributed by atoms with van der Waals surface area (Å²) in [6.07, 6.45) is -11.3. The van der Waals surface area contributed by atoms with Crippen molar-refractivity contribution in [2.45, 2.75) is 131 Å². The molecule has 738 valence electrons. The van der Waals surface area contributed by atoms with E-state index in [0.717, 1.165) is 144 Å². The Hall–Kier alpha value is -12.0. The van der Waals surface area contributed by atoms with Gasteiger partial charge in [0.2, 0.25) is 15.3 Å². The number of alkyl halides is 6. The summed E-state index contributed by atoms with van der Waals surface area (Å²) in [5, 5.41) is 0. The van der Waals surface area contributed by atoms with E-state index in [1.54, 1.807) is 60.3 Å². The predicted molar refractivity (Wildman–Crippen MR) is 517 cm³/mol. The minimum absolute atomic E-state index is 0.0297. The molecule has 0 saturated heterocycles. The molecule has 140 heavy (non-hydrogen) atoms. The molecular formula is C108H119F6N11O14S. The van der Waals surface area contributed by atoms with Crippen LogP contribution in [0.2, 0.25) is 0 Å². The molecule has 0 bridgehead atoms. The lowest BCUT2D eigenvalue weighted by Crippen LogP contribution is -2.55. The third-order valence-corrected chi connectivity index (χ3v) is 29.1. The SMILES string of the molecule is CN1COc2ccc(C(=O)c3ccc4c(c3)CN(C)CO4)cc2C1.CN1COc2ccc(C(C)(C)c3ccc4c(c3)CN(C)CO4)cc2C1.CN1COc2ccc(C(C)(c3ccc4c(c3)CN(C)CO4)c3ccc4c(c3)CN(C)CO4)cc2C1.CN1COc2ccc(C(c3ccc4c(c3)CN(C)CO4)(C(F)(F)F)C(F)(F)F)cc2C1.CN1COc2ccc(S(=O)(=O)c3ccc4c(c3)CN(C)CO4)cc2C1. The lowest BCUT2D eigenvalue weighted by atomic mass is 9.70. The highest BCUT2D eigenvalue weighted by Crippen LogP contribution is 2.58. The summed E-state index contributed by atoms with van der Waals surface area (Å²) >= 11 is 0. The van der Waals surface area contributed by atoms with E-state index in [4.69, 9.17) is 52.1 Å². The van der Waals surface area contributed by atoms with Crippen LogP contribution in [0, 0.1) is 0 Å². The Kier molecular flexibility index (Phi) is 27.9. The molecule has 11 aliphatic heterocycles. The maximum atomic E-state index is 14.5. The number of carbonyl (C=O) groups excluding carboxylic acids is 1. The Balaban J connectivity index is 0.000000117. The van der Waals surface area contributed by atoms with Crippen LogP contribution < -0.4 is 52.1 Å². The van der Waals surface area contributed by atoms with Crippen LogP contribution in [0.4, 0.5) is 26.3 Å². The quantitative estimate of drug-likeness (QED) is 0.0675. The van der Waals surface area contributed by atoms with Gasteiger partial charge in [-0.3, -0.25) is 58.7 Å². The highest BCUT2D eigenvalue weighted by atomic mass is 32.2. The van der Waals surface area contributed by atoms with Crippen LogP contribution >= 0.6 is 0 Å². The lowest BCUT2D eigenvalue weighted by molar-refractivity contribution is -0.288. The summed E-state index contributed by atoms with van der Waals surface area (Å²) in [5.41, 5.74) is 12.0. The van der Waals surface area contributed by atoms with E-state index in [9.17, 15) is 39.6 Å². The number of hydrogen-bond donors (Lipinski definition) is 0. The summed E-state index contributed by atoms with van der Waals surface area (Å²) in [5.74, 6) is 8.78. The van der Waals surface area contributed by atoms with Gasteiger partial charge in [0.15, 0.2) is 5.78 Å². The van der Waals surface area contributed by atoms with Gasteiger partial charge in [0.05, 0.1) is 9.79 Å². The summed E-state index contributed by atoms with van der Waals surface area (Å²) in [6, 6.07) is 60.8. The van der Waals surface area contributed by atoms with E-state index < -0.39 is 38.7 Å². The monoisotopic (exact) mass is 1940 g/mol. The minimum Gasteiger partial charge on any atom is -0.478 e. The van der Waals surface area contributed by atoms with Gasteiger partial charge in [-0.25, -0.2) is 8.42 Å². The second kappa shape index (κ2) is 39.8. The Labute approximate surface area is 814 Å². The van der Waals surface area contributed by atoms with Gasteiger partial charge in [-0.1, -0.05) is 56.3 Å². The van der Waals surface area contributed by atoms with Gasteiger partial charge < -0.3 is 52.1 Å². The van der Waals surface area contributed by atoms with E-state index in [1.807, 2.05) is 74.4 Å². The van der Waals surface area contributed by atoms with Gasteiger partial charge in [-0.05, 0) is 281 Å². The molecule has 0 atom stereocenters. The normalized spacial score (nSPS) is 18.1. The number of sulfone groups is 1. The molecule has 0 radical (unpaired) electrons. The van der Waals surface area contributed by atoms with Gasteiger partial charge in [0.25, 0.3) is 0 Å². The highest BCUT2D eigenvalue weighted by Gasteiger charge is 2.73. The first-order valence-electron chi connectivity index (χ1n) is 46.6. The maximum Gasteiger partial charge on any atom is 0.411 e. The van der Waals surface area contributed by atoms with E-state index in [-0.39, 0.29) is 75.6 Å². The topological polar surface area (TPSA) is 188 Å². The van der Waals surface area contributed by atoms with Crippen LogP contribution in [-0.4, -0.2) is 232 Å². The van der Waals surface area contributed by atoms with E-state index >= 15 is 0 Å². The summed E-state index contributed by atoms with van der Waals surface area (Å²) in [4.78, 5) is 35.8. The van der Waals surface area contributed by atoms with Crippen LogP contribution in [0.3, 0.4) is 0 Å². The molecule has 32 heteroatoms.